The van der Waals surface area contributed by atoms with E-state index in [1.54, 1.807) is 13.3 Å². The summed E-state index contributed by atoms with van der Waals surface area (Å²) in [4.78, 5) is 12.1. The van der Waals surface area contributed by atoms with E-state index in [9.17, 15) is 4.79 Å². The summed E-state index contributed by atoms with van der Waals surface area (Å²) in [5.74, 6) is 0. The number of methoxy groups -OCH3 is 1. The van der Waals surface area contributed by atoms with Crippen LogP contribution in [0.25, 0.3) is 0 Å². The molecule has 0 aliphatic carbocycles. The second kappa shape index (κ2) is 7.02. The van der Waals surface area contributed by atoms with Crippen molar-refractivity contribution in [3.63, 3.8) is 0 Å². The van der Waals surface area contributed by atoms with Crippen LogP contribution in [0.2, 0.25) is 0 Å². The summed E-state index contributed by atoms with van der Waals surface area (Å²) in [7, 11) is 1.60. The number of aromatic nitrogens is 2. The second-order valence-corrected chi connectivity index (χ2v) is 5.22. The first-order chi connectivity index (χ1) is 9.22. The molecule has 2 rings (SSSR count). The van der Waals surface area contributed by atoms with E-state index in [0.29, 0.717) is 23.7 Å². The molecule has 0 atom stereocenters. The summed E-state index contributed by atoms with van der Waals surface area (Å²) >= 11 is 3.34. The van der Waals surface area contributed by atoms with Crippen LogP contribution in [-0.2, 0) is 16.0 Å². The van der Waals surface area contributed by atoms with Crippen LogP contribution in [0.1, 0.15) is 12.8 Å². The molecule has 7 heteroatoms. The van der Waals surface area contributed by atoms with Gasteiger partial charge in [0.15, 0.2) is 0 Å². The van der Waals surface area contributed by atoms with Gasteiger partial charge < -0.3 is 14.8 Å². The highest BCUT2D eigenvalue weighted by molar-refractivity contribution is 9.10. The van der Waals surface area contributed by atoms with Gasteiger partial charge in [-0.25, -0.2) is 4.68 Å². The predicted molar refractivity (Wildman–Crippen MR) is 75.5 cm³/mol. The Morgan fingerprint density at radius 2 is 2.32 bits per heavy atom. The Hall–Kier alpha value is -0.920. The SMILES string of the molecule is COCCn1ncc(NC2CCOCC2)c(Br)c1=O. The van der Waals surface area contributed by atoms with Gasteiger partial charge in [0.05, 0.1) is 25.0 Å². The lowest BCUT2D eigenvalue weighted by molar-refractivity contribution is 0.0904. The fraction of sp³-hybridized carbons (Fsp3) is 0.667. The Bertz CT molecular complexity index is 472. The largest absolute Gasteiger partial charge is 0.383 e. The number of hydrogen-bond acceptors (Lipinski definition) is 5. The van der Waals surface area contributed by atoms with Crippen molar-refractivity contribution in [2.24, 2.45) is 0 Å². The van der Waals surface area contributed by atoms with Gasteiger partial charge in [0.2, 0.25) is 0 Å². The van der Waals surface area contributed by atoms with Crippen LogP contribution in [0.15, 0.2) is 15.5 Å². The van der Waals surface area contributed by atoms with Gasteiger partial charge in [-0.2, -0.15) is 5.10 Å². The average Bonchev–Trinajstić information content (AvgIpc) is 2.44. The van der Waals surface area contributed by atoms with Crippen molar-refractivity contribution < 1.29 is 9.47 Å². The quantitative estimate of drug-likeness (QED) is 0.879. The number of hydrogen-bond donors (Lipinski definition) is 1. The van der Waals surface area contributed by atoms with Gasteiger partial charge in [0.25, 0.3) is 5.56 Å². The molecule has 1 aliphatic rings. The number of rotatable bonds is 5. The Labute approximate surface area is 120 Å². The Morgan fingerprint density at radius 3 is 3.00 bits per heavy atom. The lowest BCUT2D eigenvalue weighted by Gasteiger charge is -2.24. The minimum Gasteiger partial charge on any atom is -0.383 e. The monoisotopic (exact) mass is 331 g/mol. The summed E-state index contributed by atoms with van der Waals surface area (Å²) in [5, 5.41) is 7.48. The Balaban J connectivity index is 2.09. The zero-order valence-electron chi connectivity index (χ0n) is 10.9. The van der Waals surface area contributed by atoms with Crippen molar-refractivity contribution in [1.29, 1.82) is 0 Å². The van der Waals surface area contributed by atoms with Crippen LogP contribution < -0.4 is 10.9 Å². The van der Waals surface area contributed by atoms with E-state index in [4.69, 9.17) is 9.47 Å². The molecule has 0 radical (unpaired) electrons. The van der Waals surface area contributed by atoms with Gasteiger partial charge in [-0.15, -0.1) is 0 Å². The molecular weight excluding hydrogens is 314 g/mol. The van der Waals surface area contributed by atoms with E-state index in [1.807, 2.05) is 0 Å². The normalized spacial score (nSPS) is 16.5. The molecule has 0 spiro atoms. The van der Waals surface area contributed by atoms with Gasteiger partial charge in [0, 0.05) is 26.4 Å². The van der Waals surface area contributed by atoms with E-state index in [0.717, 1.165) is 31.7 Å². The molecule has 0 unspecified atom stereocenters. The molecule has 19 heavy (non-hydrogen) atoms. The van der Waals surface area contributed by atoms with E-state index < -0.39 is 0 Å². The van der Waals surface area contributed by atoms with Gasteiger partial charge in [-0.3, -0.25) is 4.79 Å². The third-order valence-corrected chi connectivity index (χ3v) is 3.84. The van der Waals surface area contributed by atoms with Crippen LogP contribution >= 0.6 is 15.9 Å². The van der Waals surface area contributed by atoms with E-state index in [1.165, 1.54) is 4.68 Å². The highest BCUT2D eigenvalue weighted by atomic mass is 79.9. The van der Waals surface area contributed by atoms with Crippen molar-refractivity contribution in [3.05, 3.63) is 21.0 Å². The van der Waals surface area contributed by atoms with Crippen molar-refractivity contribution in [2.45, 2.75) is 25.4 Å². The number of nitrogens with one attached hydrogen (secondary N) is 1. The first kappa shape index (κ1) is 14.5. The number of ether oxygens (including phenoxy) is 2. The maximum absolute atomic E-state index is 12.1. The second-order valence-electron chi connectivity index (χ2n) is 4.42. The minimum absolute atomic E-state index is 0.144. The van der Waals surface area contributed by atoms with E-state index in [-0.39, 0.29) is 5.56 Å². The lowest BCUT2D eigenvalue weighted by Crippen LogP contribution is -2.31. The minimum atomic E-state index is -0.144. The first-order valence-electron chi connectivity index (χ1n) is 6.31. The van der Waals surface area contributed by atoms with Gasteiger partial charge in [0.1, 0.15) is 4.47 Å². The van der Waals surface area contributed by atoms with Crippen LogP contribution in [0.4, 0.5) is 5.69 Å². The summed E-state index contributed by atoms with van der Waals surface area (Å²) in [6, 6.07) is 0.334. The molecule has 1 aromatic heterocycles. The molecule has 6 nitrogen and oxygen atoms in total. The molecule has 106 valence electrons. The number of halogens is 1. The molecule has 0 aromatic carbocycles. The zero-order valence-corrected chi connectivity index (χ0v) is 12.5. The molecular formula is C12H18BrN3O3. The average molecular weight is 332 g/mol. The molecule has 1 aromatic rings. The van der Waals surface area contributed by atoms with Crippen LogP contribution in [-0.4, -0.2) is 42.8 Å². The summed E-state index contributed by atoms with van der Waals surface area (Å²) in [6.07, 6.45) is 3.56. The molecule has 1 aliphatic heterocycles. The van der Waals surface area contributed by atoms with Crippen molar-refractivity contribution in [2.75, 3.05) is 32.2 Å². The van der Waals surface area contributed by atoms with Crippen LogP contribution in [0.5, 0.6) is 0 Å². The van der Waals surface area contributed by atoms with Gasteiger partial charge in [-0.1, -0.05) is 0 Å². The standard InChI is InChI=1S/C12H18BrN3O3/c1-18-7-4-16-12(17)11(13)10(8-14-16)15-9-2-5-19-6-3-9/h8-9,15H,2-7H2,1H3. The van der Waals surface area contributed by atoms with Crippen LogP contribution in [0.3, 0.4) is 0 Å². The Morgan fingerprint density at radius 1 is 1.58 bits per heavy atom. The zero-order chi connectivity index (χ0) is 13.7. The Kier molecular flexibility index (Phi) is 5.35. The highest BCUT2D eigenvalue weighted by Crippen LogP contribution is 2.20. The number of nitrogens with zero attached hydrogens (tertiary/aromatic N) is 2. The molecule has 2 heterocycles. The van der Waals surface area contributed by atoms with Crippen molar-refractivity contribution >= 4 is 21.6 Å². The maximum atomic E-state index is 12.1. The maximum Gasteiger partial charge on any atom is 0.283 e. The van der Waals surface area contributed by atoms with Crippen LogP contribution in [0, 0.1) is 0 Å². The molecule has 0 saturated carbocycles. The molecule has 1 fully saturated rings. The smallest absolute Gasteiger partial charge is 0.283 e. The highest BCUT2D eigenvalue weighted by Gasteiger charge is 2.16. The van der Waals surface area contributed by atoms with Crippen molar-refractivity contribution in [1.82, 2.24) is 9.78 Å². The molecule has 0 bridgehead atoms. The fourth-order valence-electron chi connectivity index (χ4n) is 1.96. The van der Waals surface area contributed by atoms with E-state index in [2.05, 4.69) is 26.3 Å². The topological polar surface area (TPSA) is 65.4 Å². The fourth-order valence-corrected chi connectivity index (χ4v) is 2.39. The summed E-state index contributed by atoms with van der Waals surface area (Å²) < 4.78 is 12.2. The van der Waals surface area contributed by atoms with Gasteiger partial charge in [-0.05, 0) is 28.8 Å². The summed E-state index contributed by atoms with van der Waals surface area (Å²) in [6.45, 7) is 2.43. The third kappa shape index (κ3) is 3.77. The molecule has 1 saturated heterocycles. The third-order valence-electron chi connectivity index (χ3n) is 3.07. The van der Waals surface area contributed by atoms with Crippen molar-refractivity contribution in [3.8, 4) is 0 Å². The lowest BCUT2D eigenvalue weighted by atomic mass is 10.1. The molecule has 0 amide bonds. The summed E-state index contributed by atoms with van der Waals surface area (Å²) in [5.41, 5.74) is 0.597. The predicted octanol–water partition coefficient (Wildman–Crippen LogP) is 1.24. The van der Waals surface area contributed by atoms with E-state index >= 15 is 0 Å². The number of anilines is 1. The molecule has 1 N–H and O–H groups in total. The first-order valence-corrected chi connectivity index (χ1v) is 7.10. The van der Waals surface area contributed by atoms with Gasteiger partial charge >= 0.3 is 0 Å².